The molecule has 0 aliphatic heterocycles. The molecule has 4 heteroatoms. The number of rotatable bonds is 6. The second-order valence-corrected chi connectivity index (χ2v) is 5.62. The minimum atomic E-state index is -0.0528. The molecule has 114 valence electrons. The Kier molecular flexibility index (Phi) is 5.92. The Morgan fingerprint density at radius 1 is 1.14 bits per heavy atom. The highest BCUT2D eigenvalue weighted by molar-refractivity contribution is 9.10. The van der Waals surface area contributed by atoms with E-state index >= 15 is 0 Å². The van der Waals surface area contributed by atoms with Gasteiger partial charge >= 0.3 is 0 Å². The van der Waals surface area contributed by atoms with Gasteiger partial charge in [-0.15, -0.1) is 0 Å². The van der Waals surface area contributed by atoms with Crippen LogP contribution in [0.1, 0.15) is 21.5 Å². The van der Waals surface area contributed by atoms with E-state index in [4.69, 9.17) is 9.47 Å². The van der Waals surface area contributed by atoms with Gasteiger partial charge in [-0.25, -0.2) is 0 Å². The minimum absolute atomic E-state index is 0.0528. The smallest absolute Gasteiger partial charge is 0.185 e. The topological polar surface area (TPSA) is 35.5 Å². The third-order valence-electron chi connectivity index (χ3n) is 3.16. The van der Waals surface area contributed by atoms with Gasteiger partial charge in [0.1, 0.15) is 5.75 Å². The zero-order valence-corrected chi connectivity index (χ0v) is 14.1. The van der Waals surface area contributed by atoms with Crippen LogP contribution in [0.15, 0.2) is 53.0 Å². The first-order chi connectivity index (χ1) is 10.6. The molecule has 0 bridgehead atoms. The molecule has 0 radical (unpaired) electrons. The standard InChI is InChI=1S/C18H17BrO3/c1-21-12-15-11-14(6-10-18(15)22-2)17(20)9-5-13-3-7-16(19)8-4-13/h3-11H,12H2,1-2H3/b9-5+. The lowest BCUT2D eigenvalue weighted by Gasteiger charge is -2.08. The van der Waals surface area contributed by atoms with Crippen LogP contribution in [-0.4, -0.2) is 20.0 Å². The van der Waals surface area contributed by atoms with Crippen LogP contribution in [0.3, 0.4) is 0 Å². The Bertz CT molecular complexity index is 675. The molecule has 0 amide bonds. The minimum Gasteiger partial charge on any atom is -0.496 e. The SMILES string of the molecule is COCc1cc(C(=O)/C=C/c2ccc(Br)cc2)ccc1OC. The van der Waals surface area contributed by atoms with Gasteiger partial charge < -0.3 is 9.47 Å². The van der Waals surface area contributed by atoms with Crippen LogP contribution in [0.25, 0.3) is 6.08 Å². The molecule has 0 saturated carbocycles. The predicted octanol–water partition coefficient (Wildman–Crippen LogP) is 4.50. The van der Waals surface area contributed by atoms with Gasteiger partial charge in [-0.1, -0.05) is 34.1 Å². The molecule has 0 N–H and O–H groups in total. The second-order valence-electron chi connectivity index (χ2n) is 4.71. The summed E-state index contributed by atoms with van der Waals surface area (Å²) in [5, 5.41) is 0. The number of allylic oxidation sites excluding steroid dienone is 1. The molecule has 2 aromatic carbocycles. The van der Waals surface area contributed by atoms with Crippen LogP contribution in [-0.2, 0) is 11.3 Å². The van der Waals surface area contributed by atoms with Gasteiger partial charge in [0.2, 0.25) is 0 Å². The number of carbonyl (C=O) groups is 1. The quantitative estimate of drug-likeness (QED) is 0.561. The Hall–Kier alpha value is -1.91. The van der Waals surface area contributed by atoms with E-state index in [0.717, 1.165) is 21.3 Å². The van der Waals surface area contributed by atoms with Crippen molar-refractivity contribution in [1.29, 1.82) is 0 Å². The third kappa shape index (κ3) is 4.29. The molecular formula is C18H17BrO3. The van der Waals surface area contributed by atoms with Gasteiger partial charge in [0.25, 0.3) is 0 Å². The van der Waals surface area contributed by atoms with Crippen molar-refractivity contribution in [3.05, 3.63) is 69.7 Å². The van der Waals surface area contributed by atoms with E-state index in [1.807, 2.05) is 24.3 Å². The molecule has 0 atom stereocenters. The maximum absolute atomic E-state index is 12.3. The van der Waals surface area contributed by atoms with Gasteiger partial charge in [0, 0.05) is 22.7 Å². The Labute approximate surface area is 138 Å². The highest BCUT2D eigenvalue weighted by Gasteiger charge is 2.08. The Morgan fingerprint density at radius 2 is 1.86 bits per heavy atom. The zero-order chi connectivity index (χ0) is 15.9. The molecule has 0 unspecified atom stereocenters. The first kappa shape index (κ1) is 16.5. The average molecular weight is 361 g/mol. The van der Waals surface area contributed by atoms with Crippen molar-refractivity contribution in [1.82, 2.24) is 0 Å². The fourth-order valence-electron chi connectivity index (χ4n) is 2.04. The van der Waals surface area contributed by atoms with E-state index in [1.54, 1.807) is 44.6 Å². The number of carbonyl (C=O) groups excluding carboxylic acids is 1. The second kappa shape index (κ2) is 7.92. The summed E-state index contributed by atoms with van der Waals surface area (Å²) in [5.41, 5.74) is 2.44. The molecule has 2 rings (SSSR count). The van der Waals surface area contributed by atoms with Crippen molar-refractivity contribution in [2.75, 3.05) is 14.2 Å². The summed E-state index contributed by atoms with van der Waals surface area (Å²) in [6, 6.07) is 13.1. The van der Waals surface area contributed by atoms with Gasteiger partial charge in [-0.2, -0.15) is 0 Å². The van der Waals surface area contributed by atoms with Gasteiger partial charge in [-0.3, -0.25) is 4.79 Å². The first-order valence-corrected chi connectivity index (χ1v) is 7.57. The summed E-state index contributed by atoms with van der Waals surface area (Å²) in [5.74, 6) is 0.665. The van der Waals surface area contributed by atoms with Crippen molar-refractivity contribution < 1.29 is 14.3 Å². The lowest BCUT2D eigenvalue weighted by atomic mass is 10.1. The molecular weight excluding hydrogens is 344 g/mol. The molecule has 3 nitrogen and oxygen atoms in total. The maximum Gasteiger partial charge on any atom is 0.185 e. The lowest BCUT2D eigenvalue weighted by Crippen LogP contribution is -1.99. The van der Waals surface area contributed by atoms with Crippen LogP contribution in [0.2, 0.25) is 0 Å². The number of hydrogen-bond donors (Lipinski definition) is 0. The maximum atomic E-state index is 12.3. The molecule has 0 heterocycles. The average Bonchev–Trinajstić information content (AvgIpc) is 2.54. The van der Waals surface area contributed by atoms with E-state index in [1.165, 1.54) is 0 Å². The summed E-state index contributed by atoms with van der Waals surface area (Å²) in [6.07, 6.45) is 3.37. The highest BCUT2D eigenvalue weighted by atomic mass is 79.9. The molecule has 0 aliphatic carbocycles. The van der Waals surface area contributed by atoms with E-state index in [0.29, 0.717) is 12.2 Å². The summed E-state index contributed by atoms with van der Waals surface area (Å²) in [6.45, 7) is 0.403. The Morgan fingerprint density at radius 3 is 2.50 bits per heavy atom. The van der Waals surface area contributed by atoms with Crippen LogP contribution < -0.4 is 4.74 Å². The number of ether oxygens (including phenoxy) is 2. The molecule has 0 fully saturated rings. The monoisotopic (exact) mass is 360 g/mol. The van der Waals surface area contributed by atoms with Crippen molar-refractivity contribution in [3.8, 4) is 5.75 Å². The number of hydrogen-bond acceptors (Lipinski definition) is 3. The van der Waals surface area contributed by atoms with Gasteiger partial charge in [-0.05, 0) is 42.0 Å². The third-order valence-corrected chi connectivity index (χ3v) is 3.69. The fraction of sp³-hybridized carbons (Fsp3) is 0.167. The van der Waals surface area contributed by atoms with Gasteiger partial charge in [0.05, 0.1) is 13.7 Å². The summed E-state index contributed by atoms with van der Waals surface area (Å²) in [7, 11) is 3.21. The van der Waals surface area contributed by atoms with Crippen molar-refractivity contribution in [3.63, 3.8) is 0 Å². The fourth-order valence-corrected chi connectivity index (χ4v) is 2.31. The van der Waals surface area contributed by atoms with Crippen LogP contribution >= 0.6 is 15.9 Å². The van der Waals surface area contributed by atoms with Crippen molar-refractivity contribution in [2.24, 2.45) is 0 Å². The van der Waals surface area contributed by atoms with E-state index < -0.39 is 0 Å². The predicted molar refractivity (Wildman–Crippen MR) is 91.2 cm³/mol. The zero-order valence-electron chi connectivity index (χ0n) is 12.5. The van der Waals surface area contributed by atoms with E-state index in [9.17, 15) is 4.79 Å². The molecule has 0 aliphatic rings. The van der Waals surface area contributed by atoms with Crippen LogP contribution in [0, 0.1) is 0 Å². The van der Waals surface area contributed by atoms with Gasteiger partial charge in [0.15, 0.2) is 5.78 Å². The van der Waals surface area contributed by atoms with Crippen LogP contribution in [0.4, 0.5) is 0 Å². The summed E-state index contributed by atoms with van der Waals surface area (Å²) < 4.78 is 11.4. The number of methoxy groups -OCH3 is 2. The normalized spacial score (nSPS) is 10.9. The van der Waals surface area contributed by atoms with Crippen molar-refractivity contribution >= 4 is 27.8 Å². The molecule has 0 aromatic heterocycles. The highest BCUT2D eigenvalue weighted by Crippen LogP contribution is 2.21. The molecule has 22 heavy (non-hydrogen) atoms. The number of benzene rings is 2. The largest absolute Gasteiger partial charge is 0.496 e. The van der Waals surface area contributed by atoms with E-state index in [2.05, 4.69) is 15.9 Å². The lowest BCUT2D eigenvalue weighted by molar-refractivity contribution is 0.104. The van der Waals surface area contributed by atoms with Crippen LogP contribution in [0.5, 0.6) is 5.75 Å². The van der Waals surface area contributed by atoms with E-state index in [-0.39, 0.29) is 5.78 Å². The molecule has 0 saturated heterocycles. The van der Waals surface area contributed by atoms with Crippen molar-refractivity contribution in [2.45, 2.75) is 6.61 Å². The first-order valence-electron chi connectivity index (χ1n) is 6.78. The number of ketones is 1. The molecule has 0 spiro atoms. The summed E-state index contributed by atoms with van der Waals surface area (Å²) >= 11 is 3.38. The summed E-state index contributed by atoms with van der Waals surface area (Å²) in [4.78, 5) is 12.3. The Balaban J connectivity index is 2.18. The number of halogens is 1. The molecule has 2 aromatic rings.